The van der Waals surface area contributed by atoms with Crippen LogP contribution in [-0.2, 0) is 19.9 Å². The topological polar surface area (TPSA) is 118 Å². The average Bonchev–Trinajstić information content (AvgIpc) is 3.61. The van der Waals surface area contributed by atoms with E-state index in [0.29, 0.717) is 18.7 Å². The van der Waals surface area contributed by atoms with Crippen molar-refractivity contribution in [3.63, 3.8) is 0 Å². The van der Waals surface area contributed by atoms with Gasteiger partial charge in [0.25, 0.3) is 17.4 Å². The van der Waals surface area contributed by atoms with Crippen LogP contribution in [0.15, 0.2) is 65.2 Å². The molecule has 2 unspecified atom stereocenters. The molecule has 3 aromatic carbocycles. The normalized spacial score (nSPS) is 21.0. The maximum Gasteiger partial charge on any atom is 0.262 e. The van der Waals surface area contributed by atoms with Crippen LogP contribution in [0.1, 0.15) is 88.7 Å². The van der Waals surface area contributed by atoms with Crippen LogP contribution in [0.25, 0.3) is 16.0 Å². The number of fused-ring (bicyclic) bond motifs is 1. The molecule has 54 heavy (non-hydrogen) atoms. The Morgan fingerprint density at radius 2 is 1.74 bits per heavy atom. The largest absolute Gasteiger partial charge is 0.372 e. The van der Waals surface area contributed by atoms with E-state index in [-0.39, 0.29) is 54.1 Å². The molecule has 4 aliphatic rings. The highest BCUT2D eigenvalue weighted by Gasteiger charge is 2.52. The minimum atomic E-state index is -0.891. The number of ether oxygens (including phenoxy) is 1. The van der Waals surface area contributed by atoms with Crippen LogP contribution in [0, 0.1) is 27.3 Å². The maximum absolute atomic E-state index is 13.5. The lowest BCUT2D eigenvalue weighted by atomic mass is 9.92. The second kappa shape index (κ2) is 13.7. The number of carbonyl (C=O) groups excluding carboxylic acids is 4. The van der Waals surface area contributed by atoms with Crippen LogP contribution in [0.4, 0.5) is 17.1 Å². The van der Waals surface area contributed by atoms with Crippen molar-refractivity contribution < 1.29 is 28.4 Å². The summed E-state index contributed by atoms with van der Waals surface area (Å²) in [6.45, 7) is 17.7. The zero-order chi connectivity index (χ0) is 37.9. The summed E-state index contributed by atoms with van der Waals surface area (Å²) in [5.41, 5.74) is 8.08. The van der Waals surface area contributed by atoms with E-state index in [2.05, 4.69) is 76.1 Å². The highest BCUT2D eigenvalue weighted by molar-refractivity contribution is 6.24. The van der Waals surface area contributed by atoms with Gasteiger partial charge in [0.05, 0.1) is 41.5 Å². The highest BCUT2D eigenvalue weighted by Crippen LogP contribution is 2.50. The molecule has 2 aliphatic heterocycles. The van der Waals surface area contributed by atoms with Gasteiger partial charge in [-0.2, -0.15) is 0 Å². The molecule has 11 nitrogen and oxygen atoms in total. The molecule has 1 aromatic heterocycles. The first-order valence-electron chi connectivity index (χ1n) is 18.7. The fourth-order valence-corrected chi connectivity index (χ4v) is 8.39. The third kappa shape index (κ3) is 6.28. The molecule has 0 radical (unpaired) electrons. The van der Waals surface area contributed by atoms with E-state index in [9.17, 15) is 19.2 Å². The number of aromatic nitrogens is 1. The van der Waals surface area contributed by atoms with Crippen LogP contribution in [0.2, 0.25) is 0 Å². The molecule has 2 amide bonds. The molecule has 0 bridgehead atoms. The minimum absolute atomic E-state index is 0.0631. The van der Waals surface area contributed by atoms with Crippen molar-refractivity contribution in [3.05, 3.63) is 106 Å². The van der Waals surface area contributed by atoms with Gasteiger partial charge < -0.3 is 23.9 Å². The first kappa shape index (κ1) is 35.4. The second-order valence-corrected chi connectivity index (χ2v) is 15.3. The number of Topliss-reactive ketones (excluding diaryl/α,β-unsaturated/α-hetero) is 2. The number of nitrogens with zero attached hydrogens (tertiary/aromatic N) is 5. The second-order valence-electron chi connectivity index (χ2n) is 15.3. The molecular weight excluding hydrogens is 683 g/mol. The number of anilines is 3. The molecule has 2 saturated carbocycles. The number of benzene rings is 3. The number of ketones is 2. The Labute approximate surface area is 314 Å². The van der Waals surface area contributed by atoms with E-state index >= 15 is 0 Å². The number of hydrogen-bond donors (Lipinski definition) is 0. The average molecular weight is 726 g/mol. The number of aryl methyl sites for hydroxylation is 3. The van der Waals surface area contributed by atoms with Gasteiger partial charge in [-0.3, -0.25) is 24.1 Å². The Morgan fingerprint density at radius 1 is 0.981 bits per heavy atom. The van der Waals surface area contributed by atoms with Crippen molar-refractivity contribution in [3.8, 4) is 11.1 Å². The third-order valence-corrected chi connectivity index (χ3v) is 11.5. The smallest absolute Gasteiger partial charge is 0.262 e. The van der Waals surface area contributed by atoms with E-state index < -0.39 is 17.9 Å². The zero-order valence-corrected chi connectivity index (χ0v) is 31.1. The summed E-state index contributed by atoms with van der Waals surface area (Å²) in [5.74, 6) is -0.716. The number of rotatable bonds is 10. The van der Waals surface area contributed by atoms with E-state index in [1.165, 1.54) is 0 Å². The Hall–Kier alpha value is -5.60. The highest BCUT2D eigenvalue weighted by atomic mass is 16.5. The quantitative estimate of drug-likeness (QED) is 0.0944. The fourth-order valence-electron chi connectivity index (χ4n) is 8.39. The van der Waals surface area contributed by atoms with Crippen molar-refractivity contribution in [1.29, 1.82) is 0 Å². The van der Waals surface area contributed by atoms with E-state index in [1.807, 2.05) is 19.9 Å². The van der Waals surface area contributed by atoms with E-state index in [0.717, 1.165) is 81.5 Å². The van der Waals surface area contributed by atoms with Gasteiger partial charge >= 0.3 is 0 Å². The Balaban J connectivity index is 0.995. The zero-order valence-electron chi connectivity index (χ0n) is 31.1. The van der Waals surface area contributed by atoms with Crippen molar-refractivity contribution in [2.75, 3.05) is 29.4 Å². The molecule has 1 saturated heterocycles. The van der Waals surface area contributed by atoms with Gasteiger partial charge in [-0.1, -0.05) is 17.3 Å². The van der Waals surface area contributed by atoms with Gasteiger partial charge in [0, 0.05) is 67.1 Å². The molecule has 276 valence electrons. The van der Waals surface area contributed by atoms with Crippen LogP contribution in [0.5, 0.6) is 0 Å². The van der Waals surface area contributed by atoms with Crippen molar-refractivity contribution in [1.82, 2.24) is 10.1 Å². The van der Waals surface area contributed by atoms with Crippen molar-refractivity contribution in [2.24, 2.45) is 0 Å². The molecule has 8 rings (SSSR count). The predicted molar refractivity (Wildman–Crippen MR) is 203 cm³/mol. The summed E-state index contributed by atoms with van der Waals surface area (Å²) in [6.07, 6.45) is 2.48. The Morgan fingerprint density at radius 3 is 2.43 bits per heavy atom. The predicted octanol–water partition coefficient (Wildman–Crippen LogP) is 7.28. The summed E-state index contributed by atoms with van der Waals surface area (Å²) in [6, 6.07) is 19.2. The fraction of sp³-hybridized carbons (Fsp3) is 0.395. The Kier molecular flexibility index (Phi) is 8.97. The molecule has 0 N–H and O–H groups in total. The van der Waals surface area contributed by atoms with Crippen LogP contribution >= 0.6 is 0 Å². The van der Waals surface area contributed by atoms with Gasteiger partial charge in [-0.15, -0.1) is 0 Å². The lowest BCUT2D eigenvalue weighted by Crippen LogP contribution is -2.47. The van der Waals surface area contributed by atoms with Gasteiger partial charge in [-0.25, -0.2) is 6.57 Å². The molecule has 3 fully saturated rings. The van der Waals surface area contributed by atoms with Crippen molar-refractivity contribution in [2.45, 2.75) is 90.0 Å². The lowest BCUT2D eigenvalue weighted by molar-refractivity contribution is -0.132. The first-order chi connectivity index (χ1) is 26.0. The van der Waals surface area contributed by atoms with Crippen LogP contribution < -0.4 is 9.80 Å². The first-order valence-corrected chi connectivity index (χ1v) is 18.7. The summed E-state index contributed by atoms with van der Waals surface area (Å²) in [7, 11) is 0. The summed E-state index contributed by atoms with van der Waals surface area (Å²) >= 11 is 0. The van der Waals surface area contributed by atoms with Gasteiger partial charge in [-0.05, 0) is 100 Å². The Bertz CT molecular complexity index is 2210. The molecule has 0 spiro atoms. The summed E-state index contributed by atoms with van der Waals surface area (Å²) in [4.78, 5) is 60.6. The molecule has 3 heterocycles. The standard InChI is InChI=1S/C43H43N5O6/c1-25-6-7-29(40-27(3)45-54-28(40)4)20-38(25)47(31-10-8-30(9-11-31)43(44-5)17-18-43)23-26(2)53-34-16-19-46(24-34)32-12-14-35-36(21-32)42(52)48(41(35)51)37-15-13-33(49)22-39(37)50/h6-12,14,20-21,26,34,37H,13,15-19,22-24H2,1-4H3/t26?,34-,37?/m1/s1. The van der Waals surface area contributed by atoms with E-state index in [1.54, 1.807) is 12.1 Å². The molecule has 3 atom stereocenters. The van der Waals surface area contributed by atoms with Crippen LogP contribution in [-0.4, -0.2) is 71.3 Å². The maximum atomic E-state index is 13.5. The number of carbonyl (C=O) groups is 4. The molecule has 2 aliphatic carbocycles. The lowest BCUT2D eigenvalue weighted by Gasteiger charge is -2.31. The van der Waals surface area contributed by atoms with Crippen molar-refractivity contribution >= 4 is 40.4 Å². The monoisotopic (exact) mass is 725 g/mol. The SMILES string of the molecule is [C-]#[N+]C1(c2ccc(N(CC(C)O[C@@H]3CCN(c4ccc5c(c4)C(=O)N(C4CCC(=O)CC4=O)C5=O)C3)c3cc(-c4c(C)noc4C)ccc3C)cc2)CC1. The number of hydrogen-bond acceptors (Lipinski definition) is 9. The minimum Gasteiger partial charge on any atom is -0.372 e. The number of imide groups is 1. The number of amides is 2. The summed E-state index contributed by atoms with van der Waals surface area (Å²) in [5, 5.41) is 4.19. The van der Waals surface area contributed by atoms with Gasteiger partial charge in [0.2, 0.25) is 0 Å². The van der Waals surface area contributed by atoms with Gasteiger partial charge in [0.15, 0.2) is 5.78 Å². The van der Waals surface area contributed by atoms with Gasteiger partial charge in [0.1, 0.15) is 11.5 Å². The summed E-state index contributed by atoms with van der Waals surface area (Å²) < 4.78 is 12.2. The third-order valence-electron chi connectivity index (χ3n) is 11.5. The molecule has 11 heteroatoms. The molecular formula is C43H43N5O6. The molecule has 4 aromatic rings. The van der Waals surface area contributed by atoms with E-state index in [4.69, 9.17) is 15.8 Å². The van der Waals surface area contributed by atoms with Crippen LogP contribution in [0.3, 0.4) is 0 Å².